The zero-order valence-electron chi connectivity index (χ0n) is 12.1. The van der Waals surface area contributed by atoms with Crippen molar-refractivity contribution in [3.63, 3.8) is 0 Å². The molecule has 5 heteroatoms. The standard InChI is InChI=1S/C16H20N2O2.ClH/c1-3-6-14-7-4-5-8-16(14)20-12-15(19)11-18-10-9-17-13(18)2;/h3-5,7-10,15,19H,1,6,11-12H2,2H3;1H. The number of rotatable bonds is 7. The molecule has 0 aliphatic heterocycles. The molecule has 0 saturated carbocycles. The van der Waals surface area contributed by atoms with E-state index in [1.165, 1.54) is 0 Å². The Hall–Kier alpha value is -1.78. The van der Waals surface area contributed by atoms with Gasteiger partial charge >= 0.3 is 0 Å². The number of nitrogens with zero attached hydrogens (tertiary/aromatic N) is 2. The van der Waals surface area contributed by atoms with E-state index in [4.69, 9.17) is 4.74 Å². The van der Waals surface area contributed by atoms with E-state index >= 15 is 0 Å². The number of aryl methyl sites for hydroxylation is 1. The third kappa shape index (κ3) is 4.92. The minimum atomic E-state index is -0.570. The van der Waals surface area contributed by atoms with E-state index in [2.05, 4.69) is 11.6 Å². The average Bonchev–Trinajstić information content (AvgIpc) is 2.84. The molecule has 21 heavy (non-hydrogen) atoms. The molecule has 0 bridgehead atoms. The molecule has 2 rings (SSSR count). The first-order valence-electron chi connectivity index (χ1n) is 6.68. The van der Waals surface area contributed by atoms with E-state index in [1.807, 2.05) is 48.0 Å². The van der Waals surface area contributed by atoms with Crippen LogP contribution in [0.4, 0.5) is 0 Å². The molecule has 0 radical (unpaired) electrons. The van der Waals surface area contributed by atoms with E-state index < -0.39 is 6.10 Å². The van der Waals surface area contributed by atoms with Gasteiger partial charge in [-0.25, -0.2) is 4.98 Å². The van der Waals surface area contributed by atoms with Crippen LogP contribution in [-0.2, 0) is 13.0 Å². The summed E-state index contributed by atoms with van der Waals surface area (Å²) in [4.78, 5) is 4.13. The van der Waals surface area contributed by atoms with Crippen molar-refractivity contribution >= 4 is 12.4 Å². The quantitative estimate of drug-likeness (QED) is 0.800. The van der Waals surface area contributed by atoms with Crippen LogP contribution in [0.3, 0.4) is 0 Å². The number of hydrogen-bond acceptors (Lipinski definition) is 3. The Morgan fingerprint density at radius 2 is 2.19 bits per heavy atom. The number of allylic oxidation sites excluding steroid dienone is 1. The zero-order valence-corrected chi connectivity index (χ0v) is 12.9. The molecule has 0 spiro atoms. The molecule has 1 aromatic heterocycles. The number of aliphatic hydroxyl groups is 1. The van der Waals surface area contributed by atoms with E-state index in [0.717, 1.165) is 23.6 Å². The van der Waals surface area contributed by atoms with Crippen molar-refractivity contribution in [2.75, 3.05) is 6.61 Å². The molecule has 2 aromatic rings. The van der Waals surface area contributed by atoms with Gasteiger partial charge in [-0.3, -0.25) is 0 Å². The van der Waals surface area contributed by atoms with Gasteiger partial charge in [-0.05, 0) is 25.0 Å². The fourth-order valence-electron chi connectivity index (χ4n) is 2.03. The number of hydrogen-bond donors (Lipinski definition) is 1. The molecule has 114 valence electrons. The summed E-state index contributed by atoms with van der Waals surface area (Å²) in [5.74, 6) is 1.69. The van der Waals surface area contributed by atoms with Gasteiger partial charge in [-0.15, -0.1) is 19.0 Å². The number of imidazole rings is 1. The Morgan fingerprint density at radius 3 is 2.86 bits per heavy atom. The number of aliphatic hydroxyl groups excluding tert-OH is 1. The highest BCUT2D eigenvalue weighted by molar-refractivity contribution is 5.85. The number of ether oxygens (including phenoxy) is 1. The van der Waals surface area contributed by atoms with Crippen molar-refractivity contribution < 1.29 is 9.84 Å². The lowest BCUT2D eigenvalue weighted by molar-refractivity contribution is 0.0915. The molecule has 0 amide bonds. The van der Waals surface area contributed by atoms with Gasteiger partial charge in [0, 0.05) is 12.4 Å². The van der Waals surface area contributed by atoms with Crippen LogP contribution in [0.5, 0.6) is 5.75 Å². The van der Waals surface area contributed by atoms with Crippen LogP contribution in [0, 0.1) is 6.92 Å². The molecule has 0 fully saturated rings. The van der Waals surface area contributed by atoms with Crippen molar-refractivity contribution in [2.45, 2.75) is 26.0 Å². The summed E-state index contributed by atoms with van der Waals surface area (Å²) in [6, 6.07) is 7.81. The lowest BCUT2D eigenvalue weighted by Crippen LogP contribution is -2.24. The molecule has 0 aliphatic carbocycles. The van der Waals surface area contributed by atoms with E-state index in [9.17, 15) is 5.11 Å². The number of halogens is 1. The Labute approximate surface area is 131 Å². The molecule has 1 atom stereocenters. The SMILES string of the molecule is C=CCc1ccccc1OCC(O)Cn1ccnc1C.Cl. The van der Waals surface area contributed by atoms with Gasteiger partial charge in [0.2, 0.25) is 0 Å². The first kappa shape index (κ1) is 17.3. The maximum atomic E-state index is 10.0. The number of benzene rings is 1. The molecule has 4 nitrogen and oxygen atoms in total. The Balaban J connectivity index is 0.00000220. The normalized spacial score (nSPS) is 11.5. The van der Waals surface area contributed by atoms with Crippen LogP contribution < -0.4 is 4.74 Å². The average molecular weight is 309 g/mol. The van der Waals surface area contributed by atoms with Crippen molar-refractivity contribution in [1.29, 1.82) is 0 Å². The first-order valence-corrected chi connectivity index (χ1v) is 6.68. The topological polar surface area (TPSA) is 47.3 Å². The van der Waals surface area contributed by atoms with E-state index in [1.54, 1.807) is 6.20 Å². The summed E-state index contributed by atoms with van der Waals surface area (Å²) in [6.07, 6.45) is 5.60. The lowest BCUT2D eigenvalue weighted by atomic mass is 10.1. The van der Waals surface area contributed by atoms with Crippen LogP contribution in [0.2, 0.25) is 0 Å². The van der Waals surface area contributed by atoms with Crippen LogP contribution in [0.1, 0.15) is 11.4 Å². The second kappa shape index (κ2) is 8.49. The Morgan fingerprint density at radius 1 is 1.43 bits per heavy atom. The fourth-order valence-corrected chi connectivity index (χ4v) is 2.03. The van der Waals surface area contributed by atoms with Crippen LogP contribution >= 0.6 is 12.4 Å². The fraction of sp³-hybridized carbons (Fsp3) is 0.312. The number of para-hydroxylation sites is 1. The largest absolute Gasteiger partial charge is 0.491 e. The molecule has 1 unspecified atom stereocenters. The van der Waals surface area contributed by atoms with Crippen molar-refractivity contribution in [3.8, 4) is 5.75 Å². The third-order valence-electron chi connectivity index (χ3n) is 3.10. The third-order valence-corrected chi connectivity index (χ3v) is 3.10. The molecule has 0 aliphatic rings. The van der Waals surface area contributed by atoms with Gasteiger partial charge in [0.05, 0.1) is 6.54 Å². The van der Waals surface area contributed by atoms with Crippen molar-refractivity contribution in [2.24, 2.45) is 0 Å². The van der Waals surface area contributed by atoms with Crippen LogP contribution in [0.15, 0.2) is 49.3 Å². The Kier molecular flexibility index (Phi) is 6.99. The van der Waals surface area contributed by atoms with Gasteiger partial charge in [0.25, 0.3) is 0 Å². The smallest absolute Gasteiger partial charge is 0.122 e. The highest BCUT2D eigenvalue weighted by Crippen LogP contribution is 2.19. The Bertz CT molecular complexity index is 569. The molecule has 1 aromatic carbocycles. The van der Waals surface area contributed by atoms with Gasteiger partial charge in [0.1, 0.15) is 24.3 Å². The van der Waals surface area contributed by atoms with Gasteiger partial charge in [-0.1, -0.05) is 24.3 Å². The molecule has 0 saturated heterocycles. The van der Waals surface area contributed by atoms with Crippen molar-refractivity contribution in [1.82, 2.24) is 9.55 Å². The molecule has 1 N–H and O–H groups in total. The zero-order chi connectivity index (χ0) is 14.4. The van der Waals surface area contributed by atoms with Crippen LogP contribution in [0.25, 0.3) is 0 Å². The second-order valence-electron chi connectivity index (χ2n) is 4.69. The summed E-state index contributed by atoms with van der Waals surface area (Å²) in [5.41, 5.74) is 1.08. The minimum Gasteiger partial charge on any atom is -0.491 e. The minimum absolute atomic E-state index is 0. The van der Waals surface area contributed by atoms with Gasteiger partial charge < -0.3 is 14.4 Å². The summed E-state index contributed by atoms with van der Waals surface area (Å²) in [6.45, 7) is 6.38. The summed E-state index contributed by atoms with van der Waals surface area (Å²) < 4.78 is 7.62. The summed E-state index contributed by atoms with van der Waals surface area (Å²) in [5, 5.41) is 10.0. The van der Waals surface area contributed by atoms with E-state index in [0.29, 0.717) is 6.54 Å². The first-order chi connectivity index (χ1) is 9.70. The van der Waals surface area contributed by atoms with Crippen molar-refractivity contribution in [3.05, 3.63) is 60.7 Å². The predicted molar refractivity (Wildman–Crippen MR) is 86.1 cm³/mol. The highest BCUT2D eigenvalue weighted by atomic mass is 35.5. The lowest BCUT2D eigenvalue weighted by Gasteiger charge is -2.15. The maximum Gasteiger partial charge on any atom is 0.122 e. The van der Waals surface area contributed by atoms with Gasteiger partial charge in [0.15, 0.2) is 0 Å². The van der Waals surface area contributed by atoms with E-state index in [-0.39, 0.29) is 19.0 Å². The predicted octanol–water partition coefficient (Wildman–Crippen LogP) is 2.78. The second-order valence-corrected chi connectivity index (χ2v) is 4.69. The maximum absolute atomic E-state index is 10.0. The summed E-state index contributed by atoms with van der Waals surface area (Å²) >= 11 is 0. The number of aromatic nitrogens is 2. The van der Waals surface area contributed by atoms with Gasteiger partial charge in [-0.2, -0.15) is 0 Å². The molecule has 1 heterocycles. The molecular weight excluding hydrogens is 288 g/mol. The monoisotopic (exact) mass is 308 g/mol. The summed E-state index contributed by atoms with van der Waals surface area (Å²) in [7, 11) is 0. The highest BCUT2D eigenvalue weighted by Gasteiger charge is 2.09. The van der Waals surface area contributed by atoms with Crippen LogP contribution in [-0.4, -0.2) is 27.4 Å². The molecular formula is C16H21ClN2O2.